The van der Waals surface area contributed by atoms with Crippen molar-refractivity contribution < 1.29 is 0 Å². The van der Waals surface area contributed by atoms with Crippen molar-refractivity contribution in [1.29, 1.82) is 0 Å². The summed E-state index contributed by atoms with van der Waals surface area (Å²) in [5.74, 6) is 0. The van der Waals surface area contributed by atoms with Gasteiger partial charge in [0.2, 0.25) is 0 Å². The van der Waals surface area contributed by atoms with E-state index in [9.17, 15) is 0 Å². The van der Waals surface area contributed by atoms with E-state index in [0.29, 0.717) is 0 Å². The van der Waals surface area contributed by atoms with Crippen LogP contribution in [-0.4, -0.2) is 0 Å². The van der Waals surface area contributed by atoms with Crippen LogP contribution in [0.3, 0.4) is 0 Å². The molecule has 0 heterocycles. The van der Waals surface area contributed by atoms with Gasteiger partial charge in [-0.1, -0.05) is 55.0 Å². The Hall–Kier alpha value is -1.30. The van der Waals surface area contributed by atoms with E-state index in [1.165, 1.54) is 43.2 Å². The molecule has 0 unspecified atom stereocenters. The highest BCUT2D eigenvalue weighted by Gasteiger charge is 1.94. The molecule has 0 radical (unpaired) electrons. The van der Waals surface area contributed by atoms with Crippen molar-refractivity contribution in [1.82, 2.24) is 0 Å². The molecule has 0 heteroatoms. The first-order chi connectivity index (χ1) is 8.45. The van der Waals surface area contributed by atoms with Gasteiger partial charge in [0.25, 0.3) is 0 Å². The smallest absolute Gasteiger partial charge is 0.00974 e. The van der Waals surface area contributed by atoms with Gasteiger partial charge in [-0.2, -0.15) is 0 Å². The van der Waals surface area contributed by atoms with Crippen molar-refractivity contribution in [2.75, 3.05) is 0 Å². The zero-order valence-corrected chi connectivity index (χ0v) is 10.6. The van der Waals surface area contributed by atoms with Crippen LogP contribution < -0.4 is 0 Å². The minimum Gasteiger partial charge on any atom is -0.0882 e. The number of benzene rings is 1. The molecule has 0 aromatic heterocycles. The summed E-state index contributed by atoms with van der Waals surface area (Å²) in [6, 6.07) is 8.96. The van der Waals surface area contributed by atoms with Gasteiger partial charge in [0.05, 0.1) is 0 Å². The molecule has 1 aliphatic carbocycles. The maximum atomic E-state index is 2.34. The van der Waals surface area contributed by atoms with Crippen LogP contribution in [0.15, 0.2) is 48.6 Å². The summed E-state index contributed by atoms with van der Waals surface area (Å²) in [6.07, 6.45) is 18.0. The molecule has 0 amide bonds. The molecule has 0 nitrogen and oxygen atoms in total. The third-order valence-electron chi connectivity index (χ3n) is 3.27. The van der Waals surface area contributed by atoms with Crippen LogP contribution in [0.4, 0.5) is 0 Å². The fraction of sp³-hybridized carbons (Fsp3) is 0.412. The van der Waals surface area contributed by atoms with Crippen LogP contribution in [0.1, 0.15) is 43.2 Å². The van der Waals surface area contributed by atoms with Crippen LogP contribution >= 0.6 is 0 Å². The van der Waals surface area contributed by atoms with Gasteiger partial charge in [0, 0.05) is 0 Å². The largest absolute Gasteiger partial charge is 0.0882 e. The van der Waals surface area contributed by atoms with Gasteiger partial charge in [0.1, 0.15) is 0 Å². The molecule has 2 bridgehead atoms. The molecule has 1 aliphatic rings. The van der Waals surface area contributed by atoms with Gasteiger partial charge in [-0.05, 0) is 49.7 Å². The van der Waals surface area contributed by atoms with Crippen molar-refractivity contribution in [2.24, 2.45) is 0 Å². The summed E-state index contributed by atoms with van der Waals surface area (Å²) in [5.41, 5.74) is 2.87. The normalized spacial score (nSPS) is 21.4. The lowest BCUT2D eigenvalue weighted by molar-refractivity contribution is 0.695. The van der Waals surface area contributed by atoms with E-state index in [1.807, 2.05) is 0 Å². The third-order valence-corrected chi connectivity index (χ3v) is 3.27. The van der Waals surface area contributed by atoms with Crippen molar-refractivity contribution in [2.45, 2.75) is 44.9 Å². The quantitative estimate of drug-likeness (QED) is 0.555. The van der Waals surface area contributed by atoms with Crippen molar-refractivity contribution in [3.8, 4) is 0 Å². The fourth-order valence-corrected chi connectivity index (χ4v) is 2.26. The van der Waals surface area contributed by atoms with Crippen molar-refractivity contribution >= 4 is 0 Å². The second-order valence-corrected chi connectivity index (χ2v) is 4.81. The van der Waals surface area contributed by atoms with E-state index in [0.717, 1.165) is 12.8 Å². The molecular formula is C17H22. The standard InChI is InChI=1S/C17H22/c1-2-4-6-8-11-16-13-10-14-17(15-16)12-9-7-5-3-1/h6-10,13-15H,1-5,11-12H2/b8-6+,9-7+. The van der Waals surface area contributed by atoms with Crippen LogP contribution in [0.25, 0.3) is 0 Å². The summed E-state index contributed by atoms with van der Waals surface area (Å²) in [4.78, 5) is 0. The fourth-order valence-electron chi connectivity index (χ4n) is 2.26. The lowest BCUT2D eigenvalue weighted by Crippen LogP contribution is -1.87. The molecule has 0 spiro atoms. The van der Waals surface area contributed by atoms with Crippen LogP contribution in [0.2, 0.25) is 0 Å². The van der Waals surface area contributed by atoms with Gasteiger partial charge in [-0.15, -0.1) is 0 Å². The maximum absolute atomic E-state index is 2.34. The number of fused-ring (bicyclic) bond motifs is 2. The van der Waals surface area contributed by atoms with Crippen LogP contribution in [-0.2, 0) is 12.8 Å². The van der Waals surface area contributed by atoms with Gasteiger partial charge < -0.3 is 0 Å². The number of rotatable bonds is 0. The zero-order valence-electron chi connectivity index (χ0n) is 10.6. The predicted octanol–water partition coefficient (Wildman–Crippen LogP) is 4.85. The van der Waals surface area contributed by atoms with Gasteiger partial charge in [-0.25, -0.2) is 0 Å². The first kappa shape index (κ1) is 12.2. The summed E-state index contributed by atoms with van der Waals surface area (Å²) < 4.78 is 0. The highest BCUT2D eigenvalue weighted by Crippen LogP contribution is 2.10. The Morgan fingerprint density at radius 2 is 1.24 bits per heavy atom. The van der Waals surface area contributed by atoms with Crippen LogP contribution in [0.5, 0.6) is 0 Å². The summed E-state index contributed by atoms with van der Waals surface area (Å²) in [6.45, 7) is 0. The molecule has 17 heavy (non-hydrogen) atoms. The Bertz CT molecular complexity index is 352. The molecule has 0 fully saturated rings. The molecule has 0 saturated heterocycles. The molecule has 1 aromatic carbocycles. The van der Waals surface area contributed by atoms with E-state index in [1.54, 1.807) is 0 Å². The van der Waals surface area contributed by atoms with Crippen LogP contribution in [0, 0.1) is 0 Å². The first-order valence-electron chi connectivity index (χ1n) is 6.83. The zero-order chi connectivity index (χ0) is 11.8. The molecule has 2 rings (SSSR count). The monoisotopic (exact) mass is 226 g/mol. The lowest BCUT2D eigenvalue weighted by Gasteiger charge is -2.02. The van der Waals surface area contributed by atoms with E-state index in [-0.39, 0.29) is 0 Å². The summed E-state index contributed by atoms with van der Waals surface area (Å²) >= 11 is 0. The second kappa shape index (κ2) is 7.11. The van der Waals surface area contributed by atoms with Gasteiger partial charge >= 0.3 is 0 Å². The minimum atomic E-state index is 1.08. The lowest BCUT2D eigenvalue weighted by atomic mass is 10.0. The Morgan fingerprint density at radius 1 is 0.647 bits per heavy atom. The van der Waals surface area contributed by atoms with Gasteiger partial charge in [-0.3, -0.25) is 0 Å². The average Bonchev–Trinajstić information content (AvgIpc) is 2.36. The topological polar surface area (TPSA) is 0 Å². The molecule has 0 N–H and O–H groups in total. The highest BCUT2D eigenvalue weighted by atomic mass is 14.0. The molecule has 90 valence electrons. The Morgan fingerprint density at radius 3 is 1.82 bits per heavy atom. The predicted molar refractivity (Wildman–Crippen MR) is 75.2 cm³/mol. The molecule has 0 aliphatic heterocycles. The Labute approximate surface area is 105 Å². The number of allylic oxidation sites excluding steroid dienone is 4. The van der Waals surface area contributed by atoms with E-state index in [4.69, 9.17) is 0 Å². The number of hydrogen-bond donors (Lipinski definition) is 0. The van der Waals surface area contributed by atoms with Crippen molar-refractivity contribution in [3.05, 3.63) is 59.7 Å². The minimum absolute atomic E-state index is 1.08. The summed E-state index contributed by atoms with van der Waals surface area (Å²) in [7, 11) is 0. The maximum Gasteiger partial charge on any atom is -0.00974 e. The van der Waals surface area contributed by atoms with Gasteiger partial charge in [0.15, 0.2) is 0 Å². The average molecular weight is 226 g/mol. The van der Waals surface area contributed by atoms with E-state index in [2.05, 4.69) is 48.6 Å². The molecule has 0 atom stereocenters. The first-order valence-corrected chi connectivity index (χ1v) is 6.83. The van der Waals surface area contributed by atoms with Crippen molar-refractivity contribution in [3.63, 3.8) is 0 Å². The SMILES string of the molecule is C1=C/Cc2cccc(c2)C/C=C/CCCCC/1. The molecule has 1 aromatic rings. The molecule has 0 saturated carbocycles. The van der Waals surface area contributed by atoms with E-state index < -0.39 is 0 Å². The summed E-state index contributed by atoms with van der Waals surface area (Å²) in [5, 5.41) is 0. The van der Waals surface area contributed by atoms with E-state index >= 15 is 0 Å². The third kappa shape index (κ3) is 4.60. The number of hydrogen-bond acceptors (Lipinski definition) is 0. The highest BCUT2D eigenvalue weighted by molar-refractivity contribution is 5.26. The molecular weight excluding hydrogens is 204 g/mol. The second-order valence-electron chi connectivity index (χ2n) is 4.81. The Balaban J connectivity index is 2.06. The Kier molecular flexibility index (Phi) is 5.09.